The number of ether oxygens (including phenoxy) is 2. The Bertz CT molecular complexity index is 1280. The van der Waals surface area contributed by atoms with Gasteiger partial charge in [-0.25, -0.2) is 0 Å². The van der Waals surface area contributed by atoms with Crippen LogP contribution < -0.4 is 9.64 Å². The number of anilines is 1. The fourth-order valence-electron chi connectivity index (χ4n) is 5.27. The molecule has 0 N–H and O–H groups in total. The zero-order valence-corrected chi connectivity index (χ0v) is 22.5. The van der Waals surface area contributed by atoms with Gasteiger partial charge in [-0.05, 0) is 55.0 Å². The molecule has 2 fully saturated rings. The number of piperidine rings is 1. The van der Waals surface area contributed by atoms with E-state index < -0.39 is 12.0 Å². The summed E-state index contributed by atoms with van der Waals surface area (Å²) in [7, 11) is 1.64. The number of piperazine rings is 1. The van der Waals surface area contributed by atoms with E-state index in [9.17, 15) is 18.0 Å². The lowest BCUT2D eigenvalue weighted by atomic mass is 9.89. The first kappa shape index (κ1) is 28.1. The van der Waals surface area contributed by atoms with Crippen LogP contribution in [0.1, 0.15) is 36.6 Å². The minimum atomic E-state index is -4.62. The van der Waals surface area contributed by atoms with Crippen molar-refractivity contribution in [1.29, 1.82) is 0 Å². The predicted octanol–water partition coefficient (Wildman–Crippen LogP) is 3.09. The highest BCUT2D eigenvalue weighted by molar-refractivity contribution is 5.79. The van der Waals surface area contributed by atoms with Gasteiger partial charge in [0.15, 0.2) is 5.65 Å². The zero-order valence-electron chi connectivity index (χ0n) is 22.5. The van der Waals surface area contributed by atoms with Crippen molar-refractivity contribution < 1.29 is 27.4 Å². The maximum absolute atomic E-state index is 13.2. The number of hydrogen-bond donors (Lipinski definition) is 0. The number of halogens is 3. The van der Waals surface area contributed by atoms with Gasteiger partial charge in [-0.3, -0.25) is 9.69 Å². The van der Waals surface area contributed by atoms with Crippen LogP contribution in [0.3, 0.4) is 0 Å². The van der Waals surface area contributed by atoms with Crippen molar-refractivity contribution in [2.75, 3.05) is 71.0 Å². The Balaban J connectivity index is 1.05. The summed E-state index contributed by atoms with van der Waals surface area (Å²) in [5, 5.41) is 11.0. The summed E-state index contributed by atoms with van der Waals surface area (Å²) >= 11 is 0. The SMILES string of the molecule is COCCN1CCN(CCCOc2ccc(C3CCN(c4ccc5nnc(C(F)(F)F)n5n4)CC3)cc2)CC1=O. The number of rotatable bonds is 10. The summed E-state index contributed by atoms with van der Waals surface area (Å²) in [6.07, 6.45) is -2.04. The van der Waals surface area contributed by atoms with Crippen LogP contribution in [0.25, 0.3) is 5.65 Å². The normalized spacial score (nSPS) is 17.6. The lowest BCUT2D eigenvalue weighted by molar-refractivity contribution is -0.146. The molecule has 10 nitrogen and oxygen atoms in total. The molecule has 3 aromatic rings. The van der Waals surface area contributed by atoms with Crippen molar-refractivity contribution in [3.8, 4) is 5.75 Å². The number of carbonyl (C=O) groups is 1. The summed E-state index contributed by atoms with van der Waals surface area (Å²) in [6, 6.07) is 11.4. The van der Waals surface area contributed by atoms with Crippen molar-refractivity contribution in [1.82, 2.24) is 29.6 Å². The molecule has 2 aromatic heterocycles. The second kappa shape index (κ2) is 12.4. The smallest absolute Gasteiger partial charge is 0.453 e. The highest BCUT2D eigenvalue weighted by atomic mass is 19.4. The Morgan fingerprint density at radius 1 is 0.950 bits per heavy atom. The molecule has 0 atom stereocenters. The number of alkyl halides is 3. The Morgan fingerprint density at radius 3 is 2.42 bits per heavy atom. The standard InChI is InChI=1S/C27H34F3N7O3/c1-39-18-16-36-15-14-34(19-25(36)38)11-2-17-40-22-5-3-20(4-6-22)21-9-12-35(13-10-21)24-8-7-23-31-32-26(27(28,29)30)37(23)33-24/h3-8,21H,2,9-19H2,1H3. The van der Waals surface area contributed by atoms with Gasteiger partial charge in [-0.15, -0.1) is 15.3 Å². The molecule has 5 rings (SSSR count). The lowest BCUT2D eigenvalue weighted by Gasteiger charge is -2.34. The van der Waals surface area contributed by atoms with Gasteiger partial charge >= 0.3 is 6.18 Å². The molecule has 40 heavy (non-hydrogen) atoms. The van der Waals surface area contributed by atoms with E-state index in [0.717, 1.165) is 49.2 Å². The number of amides is 1. The van der Waals surface area contributed by atoms with E-state index in [1.165, 1.54) is 11.6 Å². The van der Waals surface area contributed by atoms with Gasteiger partial charge in [0.25, 0.3) is 5.82 Å². The summed E-state index contributed by atoms with van der Waals surface area (Å²) in [5.41, 5.74) is 1.29. The van der Waals surface area contributed by atoms with Gasteiger partial charge in [0, 0.05) is 46.4 Å². The molecule has 13 heteroatoms. The quantitative estimate of drug-likeness (QED) is 0.349. The van der Waals surface area contributed by atoms with Gasteiger partial charge in [0.05, 0.1) is 19.8 Å². The highest BCUT2D eigenvalue weighted by Gasteiger charge is 2.38. The largest absolute Gasteiger partial charge is 0.494 e. The van der Waals surface area contributed by atoms with Gasteiger partial charge in [-0.1, -0.05) is 12.1 Å². The maximum atomic E-state index is 13.2. The zero-order chi connectivity index (χ0) is 28.1. The van der Waals surface area contributed by atoms with E-state index in [0.29, 0.717) is 51.1 Å². The first-order chi connectivity index (χ1) is 19.3. The molecule has 1 aromatic carbocycles. The summed E-state index contributed by atoms with van der Waals surface area (Å²) in [4.78, 5) is 18.3. The molecule has 2 aliphatic heterocycles. The maximum Gasteiger partial charge on any atom is 0.453 e. The average Bonchev–Trinajstić information content (AvgIpc) is 3.40. The molecule has 2 saturated heterocycles. The molecule has 0 saturated carbocycles. The number of carbonyl (C=O) groups excluding carboxylic acids is 1. The van der Waals surface area contributed by atoms with Crippen LogP contribution in [0.15, 0.2) is 36.4 Å². The van der Waals surface area contributed by atoms with Crippen molar-refractivity contribution in [3.05, 3.63) is 47.8 Å². The van der Waals surface area contributed by atoms with E-state index in [1.807, 2.05) is 21.9 Å². The van der Waals surface area contributed by atoms with Crippen LogP contribution >= 0.6 is 0 Å². The Morgan fingerprint density at radius 2 is 1.73 bits per heavy atom. The second-order valence-electron chi connectivity index (χ2n) is 10.2. The van der Waals surface area contributed by atoms with E-state index in [2.05, 4.69) is 32.3 Å². The number of benzene rings is 1. The van der Waals surface area contributed by atoms with Gasteiger partial charge in [0.2, 0.25) is 5.91 Å². The Labute approximate surface area is 230 Å². The molecule has 0 unspecified atom stereocenters. The molecule has 0 radical (unpaired) electrons. The third-order valence-corrected chi connectivity index (χ3v) is 7.52. The van der Waals surface area contributed by atoms with E-state index in [1.54, 1.807) is 13.2 Å². The van der Waals surface area contributed by atoms with Crippen LogP contribution in [0.4, 0.5) is 19.0 Å². The van der Waals surface area contributed by atoms with Crippen molar-refractivity contribution >= 4 is 17.4 Å². The van der Waals surface area contributed by atoms with Crippen molar-refractivity contribution in [2.24, 2.45) is 0 Å². The van der Waals surface area contributed by atoms with E-state index in [-0.39, 0.29) is 11.6 Å². The minimum Gasteiger partial charge on any atom is -0.494 e. The van der Waals surface area contributed by atoms with Crippen LogP contribution in [-0.4, -0.2) is 102 Å². The summed E-state index contributed by atoms with van der Waals surface area (Å²) < 4.78 is 51.4. The number of hydrogen-bond acceptors (Lipinski definition) is 8. The predicted molar refractivity (Wildman–Crippen MR) is 141 cm³/mol. The van der Waals surface area contributed by atoms with Crippen LogP contribution in [0.2, 0.25) is 0 Å². The molecule has 1 amide bonds. The molecule has 0 aliphatic carbocycles. The fraction of sp³-hybridized carbons (Fsp3) is 0.556. The molecule has 0 spiro atoms. The average molecular weight is 562 g/mol. The van der Waals surface area contributed by atoms with Gasteiger partial charge < -0.3 is 19.3 Å². The summed E-state index contributed by atoms with van der Waals surface area (Å²) in [5.74, 6) is 0.683. The number of fused-ring (bicyclic) bond motifs is 1. The number of aromatic nitrogens is 4. The first-order valence-corrected chi connectivity index (χ1v) is 13.6. The number of nitrogens with zero attached hydrogens (tertiary/aromatic N) is 7. The highest BCUT2D eigenvalue weighted by Crippen LogP contribution is 2.32. The molecule has 4 heterocycles. The van der Waals surface area contributed by atoms with Crippen LogP contribution in [0, 0.1) is 0 Å². The molecule has 216 valence electrons. The lowest BCUT2D eigenvalue weighted by Crippen LogP contribution is -2.51. The molecular weight excluding hydrogens is 527 g/mol. The summed E-state index contributed by atoms with van der Waals surface area (Å²) in [6.45, 7) is 6.02. The van der Waals surface area contributed by atoms with Gasteiger partial charge in [0.1, 0.15) is 11.6 Å². The fourth-order valence-corrected chi connectivity index (χ4v) is 5.27. The first-order valence-electron chi connectivity index (χ1n) is 13.6. The monoisotopic (exact) mass is 561 g/mol. The molecular formula is C27H34F3N7O3. The van der Waals surface area contributed by atoms with Gasteiger partial charge in [-0.2, -0.15) is 17.7 Å². The van der Waals surface area contributed by atoms with E-state index in [4.69, 9.17) is 9.47 Å². The third-order valence-electron chi connectivity index (χ3n) is 7.52. The van der Waals surface area contributed by atoms with Crippen molar-refractivity contribution in [3.63, 3.8) is 0 Å². The molecule has 2 aliphatic rings. The second-order valence-corrected chi connectivity index (χ2v) is 10.2. The van der Waals surface area contributed by atoms with Crippen molar-refractivity contribution in [2.45, 2.75) is 31.4 Å². The third kappa shape index (κ3) is 6.64. The topological polar surface area (TPSA) is 88.3 Å². The Hall–Kier alpha value is -3.45. The molecule has 0 bridgehead atoms. The van der Waals surface area contributed by atoms with Crippen LogP contribution in [-0.2, 0) is 15.7 Å². The number of methoxy groups -OCH3 is 1. The van der Waals surface area contributed by atoms with Crippen LogP contribution in [0.5, 0.6) is 5.75 Å². The minimum absolute atomic E-state index is 0.0694. The Kier molecular flexibility index (Phi) is 8.69. The van der Waals surface area contributed by atoms with E-state index >= 15 is 0 Å².